The lowest BCUT2D eigenvalue weighted by molar-refractivity contribution is 0.111. The van der Waals surface area contributed by atoms with Crippen molar-refractivity contribution in [3.63, 3.8) is 0 Å². The summed E-state index contributed by atoms with van der Waals surface area (Å²) in [4.78, 5) is 41.4. The van der Waals surface area contributed by atoms with Crippen LogP contribution in [-0.2, 0) is 0 Å². The van der Waals surface area contributed by atoms with Crippen molar-refractivity contribution in [2.45, 2.75) is 0 Å². The van der Waals surface area contributed by atoms with Gasteiger partial charge in [0.15, 0.2) is 12.6 Å². The van der Waals surface area contributed by atoms with E-state index >= 15 is 0 Å². The van der Waals surface area contributed by atoms with Gasteiger partial charge in [0.2, 0.25) is 0 Å². The molecule has 0 spiro atoms. The second kappa shape index (κ2) is 7.69. The molecule has 0 aliphatic heterocycles. The van der Waals surface area contributed by atoms with Gasteiger partial charge in [0.05, 0.1) is 10.9 Å². The highest BCUT2D eigenvalue weighted by molar-refractivity contribution is 7.79. The highest BCUT2D eigenvalue weighted by Crippen LogP contribution is 2.30. The molecule has 0 saturated carbocycles. The molecular weight excluding hydrogens is 335 g/mol. The van der Waals surface area contributed by atoms with Gasteiger partial charge in [0.25, 0.3) is 0 Å². The van der Waals surface area contributed by atoms with Gasteiger partial charge in [-0.05, 0) is 29.6 Å². The molecule has 0 bridgehead atoms. The van der Waals surface area contributed by atoms with Crippen LogP contribution < -0.4 is 16.2 Å². The summed E-state index contributed by atoms with van der Waals surface area (Å²) in [5.74, 6) is 0. The summed E-state index contributed by atoms with van der Waals surface area (Å²) in [6.07, 6.45) is 5.33. The van der Waals surface area contributed by atoms with Crippen molar-refractivity contribution in [3.05, 3.63) is 77.6 Å². The number of carbonyl (C=O) groups excluding carboxylic acids is 3. The fraction of sp³-hybridized carbons (Fsp3) is 0. The van der Waals surface area contributed by atoms with Crippen molar-refractivity contribution >= 4 is 43.0 Å². The molecule has 0 amide bonds. The molecule has 3 rings (SSSR count). The summed E-state index contributed by atoms with van der Waals surface area (Å²) >= 11 is 0. The lowest BCUT2D eigenvalue weighted by Gasteiger charge is -2.17. The van der Waals surface area contributed by atoms with E-state index < -0.39 is 7.92 Å². The standard InChI is InChI=1S/C19H13N2O3P/c22-11-14-1-5-17(6-2-14)25(18-7-3-15(12-23)9-20-18)19-8-4-16(13-24)10-21-19/h1-13H. The first kappa shape index (κ1) is 16.8. The lowest BCUT2D eigenvalue weighted by Crippen LogP contribution is -2.25. The Morgan fingerprint density at radius 3 is 1.40 bits per heavy atom. The largest absolute Gasteiger partial charge is 0.298 e. The van der Waals surface area contributed by atoms with Crippen LogP contribution in [-0.4, -0.2) is 28.8 Å². The first-order valence-electron chi connectivity index (χ1n) is 7.43. The molecule has 0 fully saturated rings. The van der Waals surface area contributed by atoms with Gasteiger partial charge in [-0.15, -0.1) is 0 Å². The molecule has 0 radical (unpaired) electrons. The van der Waals surface area contributed by atoms with E-state index in [4.69, 9.17) is 0 Å². The second-order valence-electron chi connectivity index (χ2n) is 5.18. The fourth-order valence-electron chi connectivity index (χ4n) is 2.28. The Hall–Kier alpha value is -3.04. The predicted molar refractivity (Wildman–Crippen MR) is 96.9 cm³/mol. The summed E-state index contributed by atoms with van der Waals surface area (Å²) in [6.45, 7) is 0. The van der Waals surface area contributed by atoms with Gasteiger partial charge in [0.1, 0.15) is 6.29 Å². The zero-order chi connectivity index (χ0) is 17.6. The Kier molecular flexibility index (Phi) is 5.17. The highest BCUT2D eigenvalue weighted by atomic mass is 31.1. The van der Waals surface area contributed by atoms with Crippen LogP contribution in [0.2, 0.25) is 0 Å². The maximum Gasteiger partial charge on any atom is 0.151 e. The molecule has 25 heavy (non-hydrogen) atoms. The molecule has 3 aromatic rings. The van der Waals surface area contributed by atoms with Crippen molar-refractivity contribution in [1.82, 2.24) is 9.97 Å². The van der Waals surface area contributed by atoms with Crippen LogP contribution in [0.3, 0.4) is 0 Å². The normalized spacial score (nSPS) is 10.4. The Bertz CT molecular complexity index is 769. The van der Waals surface area contributed by atoms with Gasteiger partial charge in [0, 0.05) is 37.0 Å². The van der Waals surface area contributed by atoms with E-state index in [1.165, 1.54) is 12.4 Å². The molecule has 0 aliphatic carbocycles. The molecule has 0 N–H and O–H groups in total. The van der Waals surface area contributed by atoms with Crippen LogP contribution in [0.5, 0.6) is 0 Å². The van der Waals surface area contributed by atoms with Crippen LogP contribution in [0.15, 0.2) is 60.9 Å². The van der Waals surface area contributed by atoms with Crippen LogP contribution >= 0.6 is 7.92 Å². The smallest absolute Gasteiger partial charge is 0.151 e. The number of rotatable bonds is 6. The number of aromatic nitrogens is 2. The van der Waals surface area contributed by atoms with Crippen molar-refractivity contribution < 1.29 is 14.4 Å². The topological polar surface area (TPSA) is 77.0 Å². The Labute approximate surface area is 145 Å². The first-order valence-corrected chi connectivity index (χ1v) is 8.77. The van der Waals surface area contributed by atoms with Gasteiger partial charge < -0.3 is 0 Å². The van der Waals surface area contributed by atoms with E-state index in [2.05, 4.69) is 9.97 Å². The van der Waals surface area contributed by atoms with Crippen LogP contribution in [0, 0.1) is 0 Å². The van der Waals surface area contributed by atoms with E-state index in [0.29, 0.717) is 16.7 Å². The number of pyridine rings is 2. The maximum atomic E-state index is 10.9. The highest BCUT2D eigenvalue weighted by Gasteiger charge is 2.19. The van der Waals surface area contributed by atoms with Crippen LogP contribution in [0.4, 0.5) is 0 Å². The molecule has 2 aromatic heterocycles. The number of benzene rings is 1. The van der Waals surface area contributed by atoms with E-state index in [0.717, 1.165) is 35.0 Å². The SMILES string of the molecule is O=Cc1ccc(P(c2ccc(C=O)cn2)c2ccc(C=O)cn2)cc1. The van der Waals surface area contributed by atoms with E-state index in [1.807, 2.05) is 12.1 Å². The Morgan fingerprint density at radius 1 is 0.600 bits per heavy atom. The van der Waals surface area contributed by atoms with Crippen molar-refractivity contribution in [2.24, 2.45) is 0 Å². The van der Waals surface area contributed by atoms with E-state index in [1.54, 1.807) is 36.4 Å². The van der Waals surface area contributed by atoms with Crippen LogP contribution in [0.1, 0.15) is 31.1 Å². The monoisotopic (exact) mass is 348 g/mol. The third-order valence-corrected chi connectivity index (χ3v) is 5.82. The summed E-state index contributed by atoms with van der Waals surface area (Å²) in [6, 6.07) is 14.3. The van der Waals surface area contributed by atoms with E-state index in [9.17, 15) is 14.4 Å². The molecule has 1 aromatic carbocycles. The molecule has 0 unspecified atom stereocenters. The van der Waals surface area contributed by atoms with E-state index in [-0.39, 0.29) is 0 Å². The summed E-state index contributed by atoms with van der Waals surface area (Å²) in [5, 5.41) is 0.971. The van der Waals surface area contributed by atoms with Gasteiger partial charge in [-0.25, -0.2) is 0 Å². The van der Waals surface area contributed by atoms with Gasteiger partial charge in [-0.1, -0.05) is 24.3 Å². The van der Waals surface area contributed by atoms with Gasteiger partial charge in [-0.3, -0.25) is 24.4 Å². The quantitative estimate of drug-likeness (QED) is 0.500. The zero-order valence-electron chi connectivity index (χ0n) is 13.1. The number of aldehydes is 3. The van der Waals surface area contributed by atoms with Crippen molar-refractivity contribution in [1.29, 1.82) is 0 Å². The molecule has 2 heterocycles. The molecular formula is C19H13N2O3P. The zero-order valence-corrected chi connectivity index (χ0v) is 14.0. The number of hydrogen-bond acceptors (Lipinski definition) is 5. The molecule has 6 heteroatoms. The third kappa shape index (κ3) is 3.73. The molecule has 122 valence electrons. The van der Waals surface area contributed by atoms with Gasteiger partial charge >= 0.3 is 0 Å². The number of hydrogen-bond donors (Lipinski definition) is 0. The average Bonchev–Trinajstić information content (AvgIpc) is 2.70. The van der Waals surface area contributed by atoms with Crippen molar-refractivity contribution in [2.75, 3.05) is 0 Å². The average molecular weight is 348 g/mol. The molecule has 0 aliphatic rings. The fourth-order valence-corrected chi connectivity index (χ4v) is 4.29. The summed E-state index contributed by atoms with van der Waals surface area (Å²) in [5.41, 5.74) is 3.15. The minimum absolute atomic E-state index is 0.499. The minimum Gasteiger partial charge on any atom is -0.298 e. The summed E-state index contributed by atoms with van der Waals surface area (Å²) in [7, 11) is -1.07. The number of carbonyl (C=O) groups is 3. The first-order chi connectivity index (χ1) is 12.2. The number of nitrogens with zero attached hydrogens (tertiary/aromatic N) is 2. The van der Waals surface area contributed by atoms with Crippen LogP contribution in [0.25, 0.3) is 0 Å². The lowest BCUT2D eigenvalue weighted by atomic mass is 10.2. The second-order valence-corrected chi connectivity index (χ2v) is 7.28. The van der Waals surface area contributed by atoms with Gasteiger partial charge in [-0.2, -0.15) is 0 Å². The third-order valence-electron chi connectivity index (χ3n) is 3.56. The molecule has 5 nitrogen and oxygen atoms in total. The minimum atomic E-state index is -1.07. The maximum absolute atomic E-state index is 10.9. The predicted octanol–water partition coefficient (Wildman–Crippen LogP) is 1.67. The Balaban J connectivity index is 2.09. The van der Waals surface area contributed by atoms with Crippen molar-refractivity contribution in [3.8, 4) is 0 Å². The molecule has 0 saturated heterocycles. The summed E-state index contributed by atoms with van der Waals surface area (Å²) < 4.78 is 0. The molecule has 0 atom stereocenters. The Morgan fingerprint density at radius 2 is 1.04 bits per heavy atom.